The van der Waals surface area contributed by atoms with Crippen molar-refractivity contribution in [1.82, 2.24) is 9.80 Å². The molecule has 0 unspecified atom stereocenters. The number of unbranched alkanes of at least 4 members (excludes halogenated alkanes) is 6. The summed E-state index contributed by atoms with van der Waals surface area (Å²) < 4.78 is 0. The van der Waals surface area contributed by atoms with Crippen LogP contribution in [0.2, 0.25) is 0 Å². The fraction of sp³-hybridized carbons (Fsp3) is 0.941. The normalized spacial score (nSPS) is 17.0. The molecule has 1 rings (SSSR count). The number of hydrogen-bond acceptors (Lipinski definition) is 3. The lowest BCUT2D eigenvalue weighted by molar-refractivity contribution is -0.131. The van der Waals surface area contributed by atoms with Gasteiger partial charge in [0.05, 0.1) is 0 Å². The van der Waals surface area contributed by atoms with Crippen LogP contribution in [0.25, 0.3) is 0 Å². The van der Waals surface area contributed by atoms with Crippen molar-refractivity contribution in [3.05, 3.63) is 0 Å². The first-order chi connectivity index (χ1) is 10.3. The maximum absolute atomic E-state index is 12.2. The maximum Gasteiger partial charge on any atom is 0.222 e. The number of carbonyl (C=O) groups excluding carboxylic acids is 1. The fourth-order valence-electron chi connectivity index (χ4n) is 3.02. The van der Waals surface area contributed by atoms with Gasteiger partial charge in [0.1, 0.15) is 0 Å². The Labute approximate surface area is 131 Å². The van der Waals surface area contributed by atoms with Crippen LogP contribution in [-0.2, 0) is 4.79 Å². The summed E-state index contributed by atoms with van der Waals surface area (Å²) in [6.07, 6.45) is 10.7. The predicted molar refractivity (Wildman–Crippen MR) is 89.3 cm³/mol. The summed E-state index contributed by atoms with van der Waals surface area (Å²) in [7, 11) is 0. The van der Waals surface area contributed by atoms with Gasteiger partial charge in [0.2, 0.25) is 5.91 Å². The average Bonchev–Trinajstić information content (AvgIpc) is 2.72. The lowest BCUT2D eigenvalue weighted by atomic mass is 10.1. The van der Waals surface area contributed by atoms with Crippen LogP contribution in [-0.4, -0.2) is 55.0 Å². The molecule has 21 heavy (non-hydrogen) atoms. The predicted octanol–water partition coefficient (Wildman–Crippen LogP) is 2.62. The van der Waals surface area contributed by atoms with Crippen LogP contribution in [0.1, 0.15) is 64.7 Å². The molecule has 0 aromatic rings. The topological polar surface area (TPSA) is 49.6 Å². The molecule has 1 amide bonds. The Kier molecular flexibility index (Phi) is 10.5. The average molecular weight is 297 g/mol. The van der Waals surface area contributed by atoms with Gasteiger partial charge in [-0.25, -0.2) is 0 Å². The van der Waals surface area contributed by atoms with Crippen LogP contribution in [0.5, 0.6) is 0 Å². The van der Waals surface area contributed by atoms with Crippen molar-refractivity contribution < 1.29 is 4.79 Å². The molecule has 0 saturated carbocycles. The van der Waals surface area contributed by atoms with Crippen LogP contribution in [0.3, 0.4) is 0 Å². The van der Waals surface area contributed by atoms with E-state index >= 15 is 0 Å². The van der Waals surface area contributed by atoms with Crippen molar-refractivity contribution in [1.29, 1.82) is 0 Å². The summed E-state index contributed by atoms with van der Waals surface area (Å²) >= 11 is 0. The number of nitrogens with zero attached hydrogens (tertiary/aromatic N) is 2. The Morgan fingerprint density at radius 3 is 2.38 bits per heavy atom. The highest BCUT2D eigenvalue weighted by molar-refractivity contribution is 5.76. The van der Waals surface area contributed by atoms with E-state index in [1.807, 2.05) is 0 Å². The number of hydrogen-bond donors (Lipinski definition) is 1. The summed E-state index contributed by atoms with van der Waals surface area (Å²) in [6, 6.07) is 0. The molecule has 0 atom stereocenters. The second-order valence-corrected chi connectivity index (χ2v) is 6.24. The van der Waals surface area contributed by atoms with Gasteiger partial charge in [-0.05, 0) is 19.4 Å². The van der Waals surface area contributed by atoms with E-state index in [-0.39, 0.29) is 0 Å². The van der Waals surface area contributed by atoms with E-state index in [1.54, 1.807) is 0 Å². The lowest BCUT2D eigenvalue weighted by Gasteiger charge is -2.21. The molecule has 0 aromatic heterocycles. The second-order valence-electron chi connectivity index (χ2n) is 6.24. The molecule has 4 heteroatoms. The van der Waals surface area contributed by atoms with E-state index in [2.05, 4.69) is 16.7 Å². The maximum atomic E-state index is 12.2. The third kappa shape index (κ3) is 8.42. The van der Waals surface area contributed by atoms with Crippen LogP contribution in [0, 0.1) is 0 Å². The summed E-state index contributed by atoms with van der Waals surface area (Å²) in [5, 5.41) is 0. The number of rotatable bonds is 10. The highest BCUT2D eigenvalue weighted by Gasteiger charge is 2.18. The van der Waals surface area contributed by atoms with E-state index < -0.39 is 0 Å². The minimum absolute atomic E-state index is 0.359. The molecule has 2 N–H and O–H groups in total. The van der Waals surface area contributed by atoms with Crippen molar-refractivity contribution in [2.24, 2.45) is 5.73 Å². The van der Waals surface area contributed by atoms with Gasteiger partial charge in [-0.1, -0.05) is 45.4 Å². The molecule has 1 aliphatic rings. The summed E-state index contributed by atoms with van der Waals surface area (Å²) in [6.45, 7) is 7.80. The largest absolute Gasteiger partial charge is 0.341 e. The molecule has 4 nitrogen and oxygen atoms in total. The molecule has 1 heterocycles. The summed E-state index contributed by atoms with van der Waals surface area (Å²) in [5.41, 5.74) is 5.61. The molecule has 0 spiro atoms. The number of carbonyl (C=O) groups is 1. The van der Waals surface area contributed by atoms with E-state index in [0.29, 0.717) is 12.5 Å². The second kappa shape index (κ2) is 12.0. The van der Waals surface area contributed by atoms with Crippen molar-refractivity contribution in [2.45, 2.75) is 64.7 Å². The summed E-state index contributed by atoms with van der Waals surface area (Å²) in [5.74, 6) is 0.359. The zero-order valence-corrected chi connectivity index (χ0v) is 14.0. The van der Waals surface area contributed by atoms with E-state index in [0.717, 1.165) is 52.0 Å². The van der Waals surface area contributed by atoms with Crippen LogP contribution < -0.4 is 5.73 Å². The minimum atomic E-state index is 0.359. The third-order valence-electron chi connectivity index (χ3n) is 4.38. The molecule has 1 saturated heterocycles. The molecule has 0 radical (unpaired) electrons. The molecule has 0 aliphatic carbocycles. The molecular formula is C17H35N3O. The fourth-order valence-corrected chi connectivity index (χ4v) is 3.02. The van der Waals surface area contributed by atoms with Crippen LogP contribution >= 0.6 is 0 Å². The quantitative estimate of drug-likeness (QED) is 0.631. The highest BCUT2D eigenvalue weighted by atomic mass is 16.2. The van der Waals surface area contributed by atoms with Gasteiger partial charge in [-0.3, -0.25) is 4.79 Å². The number of amides is 1. The SMILES string of the molecule is CCCCCCCCCC(=O)N1CCCN(CCN)CC1. The van der Waals surface area contributed by atoms with Gasteiger partial charge in [-0.15, -0.1) is 0 Å². The Morgan fingerprint density at radius 2 is 1.67 bits per heavy atom. The zero-order valence-electron chi connectivity index (χ0n) is 14.0. The van der Waals surface area contributed by atoms with Crippen molar-refractivity contribution in [2.75, 3.05) is 39.3 Å². The standard InChI is InChI=1S/C17H35N3O/c1-2-3-4-5-6-7-8-10-17(21)20-13-9-12-19(14-11-18)15-16-20/h2-16,18H2,1H3. The first-order valence-corrected chi connectivity index (χ1v) is 8.98. The Morgan fingerprint density at radius 1 is 0.952 bits per heavy atom. The van der Waals surface area contributed by atoms with E-state index in [1.165, 1.54) is 38.5 Å². The van der Waals surface area contributed by atoms with Crippen LogP contribution in [0.15, 0.2) is 0 Å². The number of nitrogens with two attached hydrogens (primary N) is 1. The minimum Gasteiger partial charge on any atom is -0.341 e. The van der Waals surface area contributed by atoms with Crippen LogP contribution in [0.4, 0.5) is 0 Å². The Balaban J connectivity index is 2.08. The zero-order chi connectivity index (χ0) is 15.3. The van der Waals surface area contributed by atoms with Gasteiger partial charge in [0.15, 0.2) is 0 Å². The van der Waals surface area contributed by atoms with E-state index in [9.17, 15) is 4.79 Å². The van der Waals surface area contributed by atoms with E-state index in [4.69, 9.17) is 5.73 Å². The molecule has 0 aromatic carbocycles. The monoisotopic (exact) mass is 297 g/mol. The molecule has 0 bridgehead atoms. The van der Waals surface area contributed by atoms with Gasteiger partial charge in [-0.2, -0.15) is 0 Å². The first kappa shape index (κ1) is 18.4. The molecular weight excluding hydrogens is 262 g/mol. The van der Waals surface area contributed by atoms with Gasteiger partial charge >= 0.3 is 0 Å². The Hall–Kier alpha value is -0.610. The molecule has 1 fully saturated rings. The summed E-state index contributed by atoms with van der Waals surface area (Å²) in [4.78, 5) is 16.7. The van der Waals surface area contributed by atoms with Crippen molar-refractivity contribution >= 4 is 5.91 Å². The van der Waals surface area contributed by atoms with Gasteiger partial charge in [0, 0.05) is 39.1 Å². The molecule has 1 aliphatic heterocycles. The Bertz CT molecular complexity index is 271. The van der Waals surface area contributed by atoms with Gasteiger partial charge < -0.3 is 15.5 Å². The highest BCUT2D eigenvalue weighted by Crippen LogP contribution is 2.11. The van der Waals surface area contributed by atoms with Crippen molar-refractivity contribution in [3.8, 4) is 0 Å². The third-order valence-corrected chi connectivity index (χ3v) is 4.38. The molecule has 124 valence electrons. The first-order valence-electron chi connectivity index (χ1n) is 8.98. The van der Waals surface area contributed by atoms with Crippen molar-refractivity contribution in [3.63, 3.8) is 0 Å². The smallest absolute Gasteiger partial charge is 0.222 e. The lowest BCUT2D eigenvalue weighted by Crippen LogP contribution is -2.36. The van der Waals surface area contributed by atoms with Gasteiger partial charge in [0.25, 0.3) is 0 Å².